The number of nitrogens with zero attached hydrogens (tertiary/aromatic N) is 1. The molecule has 0 saturated heterocycles. The summed E-state index contributed by atoms with van der Waals surface area (Å²) in [5.74, 6) is -5.13. The number of pyridine rings is 1. The number of rotatable bonds is 10. The number of aromatic hydroxyl groups is 2. The molecule has 0 aliphatic heterocycles. The van der Waals surface area contributed by atoms with Crippen LogP contribution in [0.4, 0.5) is 0 Å². The van der Waals surface area contributed by atoms with Crippen LogP contribution in [0.15, 0.2) is 12.4 Å². The zero-order valence-corrected chi connectivity index (χ0v) is 15.6. The Bertz CT molecular complexity index is 754. The number of nitrogens with two attached hydrogens (primary N) is 2. The molecule has 1 aromatic heterocycles. The summed E-state index contributed by atoms with van der Waals surface area (Å²) in [6, 6.07) is 0. The van der Waals surface area contributed by atoms with Gasteiger partial charge < -0.3 is 21.7 Å². The number of primary amides is 1. The number of carbonyl (C=O) groups is 2. The fourth-order valence-corrected chi connectivity index (χ4v) is 5.06. The van der Waals surface area contributed by atoms with E-state index in [9.17, 15) is 28.2 Å². The first-order chi connectivity index (χ1) is 12.0. The Morgan fingerprint density at radius 1 is 1.15 bits per heavy atom. The maximum absolute atomic E-state index is 12.8. The molecule has 0 fully saturated rings. The van der Waals surface area contributed by atoms with Gasteiger partial charge in [-0.3, -0.25) is 14.6 Å². The van der Waals surface area contributed by atoms with Crippen LogP contribution in [-0.2, 0) is 14.6 Å². The molecule has 1 amide bonds. The smallest absolute Gasteiger partial charge is 0.246 e. The molecule has 0 aromatic carbocycles. The third kappa shape index (κ3) is 4.50. The molecule has 10 heteroatoms. The van der Waals surface area contributed by atoms with Crippen molar-refractivity contribution in [1.29, 1.82) is 0 Å². The maximum atomic E-state index is 12.8. The van der Waals surface area contributed by atoms with Gasteiger partial charge in [0.05, 0.1) is 23.4 Å². The monoisotopic (exact) mass is 387 g/mol. The van der Waals surface area contributed by atoms with Crippen LogP contribution in [0.25, 0.3) is 0 Å². The normalized spacial score (nSPS) is 14.2. The van der Waals surface area contributed by atoms with E-state index in [0.29, 0.717) is 25.7 Å². The second-order valence-corrected chi connectivity index (χ2v) is 8.51. The molecule has 0 bridgehead atoms. The van der Waals surface area contributed by atoms with Crippen LogP contribution < -0.4 is 11.5 Å². The summed E-state index contributed by atoms with van der Waals surface area (Å²) in [7, 11) is -3.95. The predicted octanol–water partition coefficient (Wildman–Crippen LogP) is 0.242. The third-order valence-corrected chi connectivity index (χ3v) is 6.48. The average Bonchev–Trinajstić information content (AvgIpc) is 2.53. The lowest BCUT2D eigenvalue weighted by Crippen LogP contribution is -2.63. The topological polar surface area (TPSA) is 174 Å². The average molecular weight is 387 g/mol. The predicted molar refractivity (Wildman–Crippen MR) is 95.4 cm³/mol. The Morgan fingerprint density at radius 3 is 2.00 bits per heavy atom. The molecule has 1 unspecified atom stereocenters. The van der Waals surface area contributed by atoms with Gasteiger partial charge in [0.1, 0.15) is 17.1 Å². The lowest BCUT2D eigenvalue weighted by molar-refractivity contribution is -0.120. The number of amides is 1. The van der Waals surface area contributed by atoms with Gasteiger partial charge in [-0.05, 0) is 12.8 Å². The second-order valence-electron chi connectivity index (χ2n) is 6.22. The molecule has 0 radical (unpaired) electrons. The van der Waals surface area contributed by atoms with Crippen molar-refractivity contribution in [3.8, 4) is 11.5 Å². The number of Topliss-reactive ketones (excluding diaryl/α,β-unsaturated/α-hetero) is 1. The molecule has 0 aliphatic rings. The number of ketones is 1. The lowest BCUT2D eigenvalue weighted by Gasteiger charge is -2.27. The SMILES string of the molecule is CCCC(CCC)S(=O)(=O)CC(N)(C(N)=O)C(=O)c1c(O)cncc1O. The van der Waals surface area contributed by atoms with Crippen molar-refractivity contribution in [2.45, 2.75) is 50.3 Å². The molecular weight excluding hydrogens is 362 g/mol. The minimum Gasteiger partial charge on any atom is -0.505 e. The number of carbonyl (C=O) groups excluding carboxylic acids is 2. The summed E-state index contributed by atoms with van der Waals surface area (Å²) in [5.41, 5.74) is 7.74. The van der Waals surface area contributed by atoms with Crippen LogP contribution in [0.2, 0.25) is 0 Å². The summed E-state index contributed by atoms with van der Waals surface area (Å²) in [4.78, 5) is 28.1. The van der Waals surface area contributed by atoms with E-state index in [4.69, 9.17) is 11.5 Å². The van der Waals surface area contributed by atoms with Gasteiger partial charge in [0, 0.05) is 0 Å². The lowest BCUT2D eigenvalue weighted by atomic mass is 9.91. The van der Waals surface area contributed by atoms with E-state index in [2.05, 4.69) is 4.98 Å². The molecule has 6 N–H and O–H groups in total. The zero-order valence-electron chi connectivity index (χ0n) is 14.8. The van der Waals surface area contributed by atoms with E-state index >= 15 is 0 Å². The van der Waals surface area contributed by atoms with Crippen molar-refractivity contribution in [3.63, 3.8) is 0 Å². The van der Waals surface area contributed by atoms with Gasteiger partial charge in [-0.15, -0.1) is 0 Å². The van der Waals surface area contributed by atoms with E-state index < -0.39 is 55.1 Å². The van der Waals surface area contributed by atoms with E-state index in [1.54, 1.807) is 0 Å². The van der Waals surface area contributed by atoms with Gasteiger partial charge in [-0.2, -0.15) is 0 Å². The van der Waals surface area contributed by atoms with Crippen LogP contribution in [-0.4, -0.2) is 51.8 Å². The summed E-state index contributed by atoms with van der Waals surface area (Å²) in [6.07, 6.45) is 3.62. The van der Waals surface area contributed by atoms with Crippen molar-refractivity contribution >= 4 is 21.5 Å². The van der Waals surface area contributed by atoms with Crippen molar-refractivity contribution in [1.82, 2.24) is 4.98 Å². The largest absolute Gasteiger partial charge is 0.505 e. The van der Waals surface area contributed by atoms with E-state index in [1.807, 2.05) is 13.8 Å². The Morgan fingerprint density at radius 2 is 1.62 bits per heavy atom. The Balaban J connectivity index is 3.37. The number of hydrogen-bond donors (Lipinski definition) is 4. The van der Waals surface area contributed by atoms with Gasteiger partial charge >= 0.3 is 0 Å². The van der Waals surface area contributed by atoms with Crippen LogP contribution in [0.3, 0.4) is 0 Å². The van der Waals surface area contributed by atoms with Crippen LogP contribution in [0.5, 0.6) is 11.5 Å². The van der Waals surface area contributed by atoms with Crippen LogP contribution >= 0.6 is 0 Å². The van der Waals surface area contributed by atoms with Crippen molar-refractivity contribution in [2.75, 3.05) is 5.75 Å². The highest BCUT2D eigenvalue weighted by Crippen LogP contribution is 2.30. The van der Waals surface area contributed by atoms with E-state index in [-0.39, 0.29) is 0 Å². The standard InChI is InChI=1S/C16H25N3O6S/c1-3-5-10(6-4-2)26(24,25)9-16(18,15(17)23)14(22)13-11(20)7-19-8-12(13)21/h7-8,10,20-21H,3-6,9,18H2,1-2H3,(H2,17,23). The quantitative estimate of drug-likeness (QED) is 0.326. The number of sulfone groups is 1. The van der Waals surface area contributed by atoms with E-state index in [1.165, 1.54) is 0 Å². The maximum Gasteiger partial charge on any atom is 0.246 e. The summed E-state index contributed by atoms with van der Waals surface area (Å²) in [6.45, 7) is 3.64. The van der Waals surface area contributed by atoms with Crippen molar-refractivity contribution < 1.29 is 28.2 Å². The first kappa shape index (κ1) is 21.8. The molecule has 1 aromatic rings. The molecule has 1 heterocycles. The van der Waals surface area contributed by atoms with Gasteiger partial charge in [0.2, 0.25) is 11.7 Å². The molecule has 1 rings (SSSR count). The Kier molecular flexibility index (Phi) is 7.10. The van der Waals surface area contributed by atoms with Gasteiger partial charge in [0.15, 0.2) is 15.4 Å². The van der Waals surface area contributed by atoms with Gasteiger partial charge in [-0.25, -0.2) is 8.42 Å². The highest BCUT2D eigenvalue weighted by Gasteiger charge is 2.48. The fourth-order valence-electron chi connectivity index (χ4n) is 2.73. The van der Waals surface area contributed by atoms with Gasteiger partial charge in [-0.1, -0.05) is 26.7 Å². The Hall–Kier alpha value is -2.20. The van der Waals surface area contributed by atoms with E-state index in [0.717, 1.165) is 12.4 Å². The molecule has 0 saturated carbocycles. The minimum absolute atomic E-state index is 0.352. The van der Waals surface area contributed by atoms with Gasteiger partial charge in [0.25, 0.3) is 0 Å². The van der Waals surface area contributed by atoms with Crippen molar-refractivity contribution in [3.05, 3.63) is 18.0 Å². The summed E-state index contributed by atoms with van der Waals surface area (Å²) in [5, 5.41) is 18.8. The highest BCUT2D eigenvalue weighted by atomic mass is 32.2. The first-order valence-corrected chi connectivity index (χ1v) is 9.93. The molecule has 9 nitrogen and oxygen atoms in total. The molecule has 1 atom stereocenters. The molecule has 0 spiro atoms. The first-order valence-electron chi connectivity index (χ1n) is 8.22. The highest BCUT2D eigenvalue weighted by molar-refractivity contribution is 7.92. The molecule has 146 valence electrons. The third-order valence-electron chi connectivity index (χ3n) is 4.14. The summed E-state index contributed by atoms with van der Waals surface area (Å²) >= 11 is 0. The number of hydrogen-bond acceptors (Lipinski definition) is 8. The van der Waals surface area contributed by atoms with Crippen LogP contribution in [0, 0.1) is 0 Å². The molecule has 26 heavy (non-hydrogen) atoms. The molecule has 0 aliphatic carbocycles. The van der Waals surface area contributed by atoms with Crippen LogP contribution in [0.1, 0.15) is 49.9 Å². The zero-order chi connectivity index (χ0) is 20.1. The number of aromatic nitrogens is 1. The Labute approximate surface area is 152 Å². The van der Waals surface area contributed by atoms with Crippen molar-refractivity contribution in [2.24, 2.45) is 11.5 Å². The molecular formula is C16H25N3O6S. The second kappa shape index (κ2) is 8.45. The summed E-state index contributed by atoms with van der Waals surface area (Å²) < 4.78 is 25.5. The minimum atomic E-state index is -3.95. The fraction of sp³-hybridized carbons (Fsp3) is 0.562.